The summed E-state index contributed by atoms with van der Waals surface area (Å²) in [5.41, 5.74) is 17.3. The van der Waals surface area contributed by atoms with Gasteiger partial charge in [-0.15, -0.1) is 0 Å². The Bertz CT molecular complexity index is 3130. The Balaban J connectivity index is 1.02. The zero-order valence-corrected chi connectivity index (χ0v) is 31.4. The van der Waals surface area contributed by atoms with E-state index >= 15 is 0 Å². The number of rotatable bonds is 6. The van der Waals surface area contributed by atoms with Crippen LogP contribution < -0.4 is 0 Å². The summed E-state index contributed by atoms with van der Waals surface area (Å²) >= 11 is 0. The van der Waals surface area contributed by atoms with Crippen LogP contribution in [0.25, 0.3) is 89.2 Å². The molecule has 0 bridgehead atoms. The van der Waals surface area contributed by atoms with Crippen molar-refractivity contribution in [3.8, 4) is 67.3 Å². The Kier molecular flexibility index (Phi) is 7.61. The molecule has 8 aromatic carbocycles. The predicted molar refractivity (Wildman–Crippen MR) is 234 cm³/mol. The summed E-state index contributed by atoms with van der Waals surface area (Å²) in [5, 5.41) is 2.25. The van der Waals surface area contributed by atoms with Crippen molar-refractivity contribution in [2.24, 2.45) is 0 Å². The molecule has 11 rings (SSSR count). The van der Waals surface area contributed by atoms with Crippen molar-refractivity contribution in [3.05, 3.63) is 217 Å². The molecule has 1 aliphatic rings. The number of hydrogen-bond acceptors (Lipinski definition) is 3. The zero-order valence-electron chi connectivity index (χ0n) is 31.4. The van der Waals surface area contributed by atoms with Crippen LogP contribution in [0.2, 0.25) is 0 Å². The largest absolute Gasteiger partial charge is 0.455 e. The molecule has 0 aliphatic heterocycles. The highest BCUT2D eigenvalue weighted by Gasteiger charge is 2.40. The fourth-order valence-electron chi connectivity index (χ4n) is 8.94. The van der Waals surface area contributed by atoms with Gasteiger partial charge < -0.3 is 4.42 Å². The van der Waals surface area contributed by atoms with E-state index in [0.717, 1.165) is 72.3 Å². The van der Waals surface area contributed by atoms with E-state index in [2.05, 4.69) is 177 Å². The molecular weight excluding hydrogens is 693 g/mol. The van der Waals surface area contributed by atoms with E-state index in [-0.39, 0.29) is 5.41 Å². The van der Waals surface area contributed by atoms with Crippen LogP contribution in [-0.4, -0.2) is 9.97 Å². The van der Waals surface area contributed by atoms with Gasteiger partial charge in [-0.25, -0.2) is 9.97 Å². The lowest BCUT2D eigenvalue weighted by atomic mass is 9.74. The molecule has 0 saturated carbocycles. The number of furan rings is 1. The minimum atomic E-state index is -0.302. The van der Waals surface area contributed by atoms with E-state index in [4.69, 9.17) is 14.4 Å². The molecule has 2 aromatic heterocycles. The molecule has 1 unspecified atom stereocenters. The fraction of sp³-hybridized carbons (Fsp3) is 0.0370. The molecule has 268 valence electrons. The molecule has 3 heteroatoms. The van der Waals surface area contributed by atoms with Gasteiger partial charge in [0.1, 0.15) is 11.2 Å². The van der Waals surface area contributed by atoms with E-state index in [1.807, 2.05) is 30.3 Å². The third kappa shape index (κ3) is 5.35. The van der Waals surface area contributed by atoms with Crippen LogP contribution in [0.1, 0.15) is 23.6 Å². The average Bonchev–Trinajstić information content (AvgIpc) is 3.80. The summed E-state index contributed by atoms with van der Waals surface area (Å²) < 4.78 is 6.46. The van der Waals surface area contributed by atoms with Crippen LogP contribution in [0.15, 0.2) is 205 Å². The molecule has 2 heterocycles. The van der Waals surface area contributed by atoms with E-state index in [1.54, 1.807) is 0 Å². The number of fused-ring (bicyclic) bond motifs is 6. The van der Waals surface area contributed by atoms with Crippen molar-refractivity contribution >= 4 is 21.9 Å². The lowest BCUT2D eigenvalue weighted by Gasteiger charge is -2.28. The molecule has 10 aromatic rings. The van der Waals surface area contributed by atoms with Gasteiger partial charge in [0.25, 0.3) is 0 Å². The first-order chi connectivity index (χ1) is 28.1. The van der Waals surface area contributed by atoms with Crippen LogP contribution >= 0.6 is 0 Å². The number of aromatic nitrogens is 2. The monoisotopic (exact) mass is 728 g/mol. The molecule has 0 fully saturated rings. The summed E-state index contributed by atoms with van der Waals surface area (Å²) in [6.07, 6.45) is 0. The molecular formula is C54H36N2O. The maximum atomic E-state index is 6.46. The topological polar surface area (TPSA) is 38.9 Å². The van der Waals surface area contributed by atoms with Crippen LogP contribution in [0.4, 0.5) is 0 Å². The molecule has 0 saturated heterocycles. The van der Waals surface area contributed by atoms with E-state index < -0.39 is 0 Å². The molecule has 57 heavy (non-hydrogen) atoms. The maximum absolute atomic E-state index is 6.46. The van der Waals surface area contributed by atoms with Crippen LogP contribution in [-0.2, 0) is 5.41 Å². The van der Waals surface area contributed by atoms with Crippen molar-refractivity contribution < 1.29 is 4.42 Å². The molecule has 0 radical (unpaired) electrons. The molecule has 1 aliphatic carbocycles. The Hall–Kier alpha value is -7.36. The maximum Gasteiger partial charge on any atom is 0.160 e. The smallest absolute Gasteiger partial charge is 0.160 e. The normalized spacial score (nSPS) is 14.5. The zero-order chi connectivity index (χ0) is 37.9. The Morgan fingerprint density at radius 1 is 0.386 bits per heavy atom. The van der Waals surface area contributed by atoms with Gasteiger partial charge in [0.15, 0.2) is 5.82 Å². The van der Waals surface area contributed by atoms with Gasteiger partial charge >= 0.3 is 0 Å². The van der Waals surface area contributed by atoms with Crippen molar-refractivity contribution in [3.63, 3.8) is 0 Å². The van der Waals surface area contributed by atoms with Crippen molar-refractivity contribution in [2.75, 3.05) is 0 Å². The predicted octanol–water partition coefficient (Wildman–Crippen LogP) is 14.0. The average molecular weight is 729 g/mol. The lowest BCUT2D eigenvalue weighted by Crippen LogP contribution is -2.22. The summed E-state index contributed by atoms with van der Waals surface area (Å²) in [6, 6.07) is 71.0. The van der Waals surface area contributed by atoms with Gasteiger partial charge in [0.2, 0.25) is 0 Å². The highest BCUT2D eigenvalue weighted by Crippen LogP contribution is 2.53. The Morgan fingerprint density at radius 3 is 1.77 bits per heavy atom. The van der Waals surface area contributed by atoms with Crippen molar-refractivity contribution in [1.82, 2.24) is 9.97 Å². The lowest BCUT2D eigenvalue weighted by molar-refractivity contribution is 0.670. The van der Waals surface area contributed by atoms with Gasteiger partial charge in [-0.1, -0.05) is 182 Å². The molecule has 0 amide bonds. The van der Waals surface area contributed by atoms with Gasteiger partial charge in [-0.3, -0.25) is 0 Å². The summed E-state index contributed by atoms with van der Waals surface area (Å²) in [6.45, 7) is 2.36. The van der Waals surface area contributed by atoms with Gasteiger partial charge in [0, 0.05) is 38.4 Å². The first-order valence-electron chi connectivity index (χ1n) is 19.5. The second-order valence-corrected chi connectivity index (χ2v) is 15.0. The van der Waals surface area contributed by atoms with Crippen LogP contribution in [0, 0.1) is 0 Å². The van der Waals surface area contributed by atoms with Crippen LogP contribution in [0.5, 0.6) is 0 Å². The third-order valence-corrected chi connectivity index (χ3v) is 11.8. The molecule has 1 atom stereocenters. The Labute approximate surface area is 331 Å². The minimum absolute atomic E-state index is 0.302. The Morgan fingerprint density at radius 2 is 0.965 bits per heavy atom. The van der Waals surface area contributed by atoms with Gasteiger partial charge in [-0.2, -0.15) is 0 Å². The highest BCUT2D eigenvalue weighted by atomic mass is 16.3. The summed E-state index contributed by atoms with van der Waals surface area (Å²) in [7, 11) is 0. The molecule has 0 spiro atoms. The van der Waals surface area contributed by atoms with Crippen molar-refractivity contribution in [1.29, 1.82) is 0 Å². The van der Waals surface area contributed by atoms with E-state index in [0.29, 0.717) is 5.82 Å². The van der Waals surface area contributed by atoms with E-state index in [9.17, 15) is 0 Å². The van der Waals surface area contributed by atoms with Crippen LogP contribution in [0.3, 0.4) is 0 Å². The van der Waals surface area contributed by atoms with Gasteiger partial charge in [0.05, 0.1) is 11.4 Å². The molecule has 0 N–H and O–H groups in total. The van der Waals surface area contributed by atoms with Gasteiger partial charge in [-0.05, 0) is 69.6 Å². The first-order valence-corrected chi connectivity index (χ1v) is 19.5. The first kappa shape index (κ1) is 33.0. The minimum Gasteiger partial charge on any atom is -0.455 e. The SMILES string of the molecule is CC1(c2ccccc2)c2ccccc2-c2ccc(-c3cc(-c4ccc(-c5ccccc5-c5cccc6c5oc5ccccc56)cc4)nc(-c4ccccc4)n3)cc21. The van der Waals surface area contributed by atoms with Crippen molar-refractivity contribution in [2.45, 2.75) is 12.3 Å². The standard InChI is InChI=1S/C54H36N2O/c1-54(39-17-6-3-7-18-39)47-25-12-10-21-42(47)43-32-31-38(33-48(43)54)50-34-49(55-53(56-50)37-15-4-2-5-16-37)36-29-27-35(28-30-36)40-19-8-9-20-41(40)45-23-14-24-46-44-22-11-13-26-51(44)57-52(45)46/h2-34H,1H3. The second-order valence-electron chi connectivity index (χ2n) is 15.0. The number of para-hydroxylation sites is 2. The summed E-state index contributed by atoms with van der Waals surface area (Å²) in [4.78, 5) is 10.4. The van der Waals surface area contributed by atoms with E-state index in [1.165, 1.54) is 27.8 Å². The number of hydrogen-bond donors (Lipinski definition) is 0. The molecule has 3 nitrogen and oxygen atoms in total. The third-order valence-electron chi connectivity index (χ3n) is 11.8. The highest BCUT2D eigenvalue weighted by molar-refractivity contribution is 6.10. The number of nitrogens with zero attached hydrogens (tertiary/aromatic N) is 2. The second kappa shape index (κ2) is 13.1. The number of benzene rings is 8. The quantitative estimate of drug-likeness (QED) is 0.171. The fourth-order valence-corrected chi connectivity index (χ4v) is 8.94. The summed E-state index contributed by atoms with van der Waals surface area (Å²) in [5.74, 6) is 0.700.